The van der Waals surface area contributed by atoms with Gasteiger partial charge in [-0.25, -0.2) is 0 Å². The number of aromatic nitrogens is 1. The molecule has 18 heavy (non-hydrogen) atoms. The second kappa shape index (κ2) is 5.18. The molecule has 0 aliphatic rings. The summed E-state index contributed by atoms with van der Waals surface area (Å²) >= 11 is 3.26. The van der Waals surface area contributed by atoms with Gasteiger partial charge in [-0.3, -0.25) is 9.59 Å². The van der Waals surface area contributed by atoms with Crippen LogP contribution in [-0.2, 0) is 0 Å². The maximum Gasteiger partial charge on any atom is 0.272 e. The van der Waals surface area contributed by atoms with Crippen LogP contribution in [0.1, 0.15) is 27.8 Å². The number of carbonyl (C=O) groups excluding carboxylic acids is 2. The Morgan fingerprint density at radius 2 is 2.06 bits per heavy atom. The molecule has 0 radical (unpaired) electrons. The van der Waals surface area contributed by atoms with E-state index < -0.39 is 0 Å². The molecule has 0 spiro atoms. The van der Waals surface area contributed by atoms with Crippen LogP contribution in [0.3, 0.4) is 0 Å². The van der Waals surface area contributed by atoms with E-state index in [2.05, 4.69) is 26.2 Å². The van der Waals surface area contributed by atoms with Gasteiger partial charge in [-0.2, -0.15) is 0 Å². The molecule has 2 N–H and O–H groups in total. The average molecular weight is 307 g/mol. The third-order valence-electron chi connectivity index (χ3n) is 2.42. The maximum absolute atomic E-state index is 11.9. The molecule has 2 rings (SSSR count). The number of hydrogen-bond donors (Lipinski definition) is 2. The Bertz CT molecular complexity index is 605. The minimum Gasteiger partial charge on any atom is -0.356 e. The summed E-state index contributed by atoms with van der Waals surface area (Å²) in [5.74, 6) is -0.282. The number of carbonyl (C=O) groups is 2. The minimum absolute atomic E-state index is 0.0336. The fourth-order valence-corrected chi connectivity index (χ4v) is 1.86. The first-order valence-corrected chi connectivity index (χ1v) is 6.12. The van der Waals surface area contributed by atoms with Gasteiger partial charge in [0.2, 0.25) is 0 Å². The van der Waals surface area contributed by atoms with Crippen molar-refractivity contribution in [3.8, 4) is 0 Å². The lowest BCUT2D eigenvalue weighted by Gasteiger charge is -2.04. The van der Waals surface area contributed by atoms with Crippen molar-refractivity contribution in [1.82, 2.24) is 4.98 Å². The topological polar surface area (TPSA) is 62.0 Å². The maximum atomic E-state index is 11.9. The molecule has 0 aliphatic heterocycles. The Labute approximate surface area is 113 Å². The van der Waals surface area contributed by atoms with Crippen molar-refractivity contribution in [3.63, 3.8) is 0 Å². The molecule has 0 fully saturated rings. The van der Waals surface area contributed by atoms with E-state index in [-0.39, 0.29) is 11.7 Å². The molecule has 2 aromatic rings. The lowest BCUT2D eigenvalue weighted by molar-refractivity contribution is 0.100. The fraction of sp³-hybridized carbons (Fsp3) is 0.0769. The third-order valence-corrected chi connectivity index (χ3v) is 2.88. The number of benzene rings is 1. The van der Waals surface area contributed by atoms with E-state index in [1.807, 2.05) is 0 Å². The average Bonchev–Trinajstić information content (AvgIpc) is 2.76. The second-order valence-electron chi connectivity index (χ2n) is 3.82. The van der Waals surface area contributed by atoms with E-state index in [0.29, 0.717) is 16.9 Å². The van der Waals surface area contributed by atoms with Gasteiger partial charge in [0.1, 0.15) is 5.69 Å². The van der Waals surface area contributed by atoms with Crippen molar-refractivity contribution in [2.75, 3.05) is 5.32 Å². The minimum atomic E-state index is -0.249. The monoisotopic (exact) mass is 306 g/mol. The van der Waals surface area contributed by atoms with Gasteiger partial charge in [-0.1, -0.05) is 12.1 Å². The molecule has 0 saturated carbocycles. The van der Waals surface area contributed by atoms with Crippen molar-refractivity contribution in [1.29, 1.82) is 0 Å². The number of halogens is 1. The van der Waals surface area contributed by atoms with Crippen molar-refractivity contribution in [2.45, 2.75) is 6.92 Å². The first-order chi connectivity index (χ1) is 8.56. The number of rotatable bonds is 3. The highest BCUT2D eigenvalue weighted by atomic mass is 79.9. The van der Waals surface area contributed by atoms with Gasteiger partial charge in [-0.15, -0.1) is 0 Å². The van der Waals surface area contributed by atoms with Crippen LogP contribution < -0.4 is 5.32 Å². The van der Waals surface area contributed by atoms with Crippen LogP contribution in [0, 0.1) is 0 Å². The number of anilines is 1. The highest BCUT2D eigenvalue weighted by molar-refractivity contribution is 9.10. The van der Waals surface area contributed by atoms with Crippen molar-refractivity contribution < 1.29 is 9.59 Å². The molecule has 0 bridgehead atoms. The summed E-state index contributed by atoms with van der Waals surface area (Å²) in [7, 11) is 0. The van der Waals surface area contributed by atoms with Gasteiger partial charge in [0, 0.05) is 21.9 Å². The molecule has 1 heterocycles. The lowest BCUT2D eigenvalue weighted by Crippen LogP contribution is -2.12. The van der Waals surface area contributed by atoms with E-state index >= 15 is 0 Å². The second-order valence-corrected chi connectivity index (χ2v) is 4.74. The molecule has 0 atom stereocenters. The first-order valence-electron chi connectivity index (χ1n) is 5.32. The summed E-state index contributed by atoms with van der Waals surface area (Å²) in [5.41, 5.74) is 1.62. The summed E-state index contributed by atoms with van der Waals surface area (Å²) in [6.45, 7) is 1.49. The van der Waals surface area contributed by atoms with Crippen LogP contribution >= 0.6 is 15.9 Å². The van der Waals surface area contributed by atoms with Gasteiger partial charge < -0.3 is 10.3 Å². The number of hydrogen-bond acceptors (Lipinski definition) is 2. The molecule has 4 nitrogen and oxygen atoms in total. The summed E-state index contributed by atoms with van der Waals surface area (Å²) in [6, 6.07) is 8.52. The van der Waals surface area contributed by atoms with E-state index in [9.17, 15) is 9.59 Å². The zero-order valence-corrected chi connectivity index (χ0v) is 11.2. The van der Waals surface area contributed by atoms with E-state index in [0.717, 1.165) is 4.47 Å². The quantitative estimate of drug-likeness (QED) is 0.855. The van der Waals surface area contributed by atoms with Crippen molar-refractivity contribution in [2.24, 2.45) is 0 Å². The SMILES string of the molecule is CC(=O)c1cccc(NC(=O)c2cc(Br)c[nH]2)c1. The van der Waals surface area contributed by atoms with Crippen LogP contribution in [-0.4, -0.2) is 16.7 Å². The lowest BCUT2D eigenvalue weighted by atomic mass is 10.1. The third kappa shape index (κ3) is 2.87. The number of amides is 1. The molecule has 5 heteroatoms. The number of ketones is 1. The van der Waals surface area contributed by atoms with Crippen molar-refractivity contribution >= 4 is 33.3 Å². The Hall–Kier alpha value is -1.88. The first kappa shape index (κ1) is 12.6. The van der Waals surface area contributed by atoms with Gasteiger partial charge in [-0.05, 0) is 41.1 Å². The van der Waals surface area contributed by atoms with Crippen LogP contribution in [0.4, 0.5) is 5.69 Å². The molecule has 1 aromatic heterocycles. The molecule has 0 unspecified atom stereocenters. The van der Waals surface area contributed by atoms with Gasteiger partial charge in [0.05, 0.1) is 0 Å². The van der Waals surface area contributed by atoms with Crippen LogP contribution in [0.15, 0.2) is 41.0 Å². The zero-order valence-electron chi connectivity index (χ0n) is 9.66. The Morgan fingerprint density at radius 3 is 2.67 bits per heavy atom. The molecular formula is C13H11BrN2O2. The summed E-state index contributed by atoms with van der Waals surface area (Å²) < 4.78 is 0.810. The molecule has 0 saturated heterocycles. The van der Waals surface area contributed by atoms with Crippen LogP contribution in [0.25, 0.3) is 0 Å². The number of aromatic amines is 1. The van der Waals surface area contributed by atoms with Crippen LogP contribution in [0.2, 0.25) is 0 Å². The van der Waals surface area contributed by atoms with Crippen LogP contribution in [0.5, 0.6) is 0 Å². The highest BCUT2D eigenvalue weighted by Gasteiger charge is 2.09. The Kier molecular flexibility index (Phi) is 3.62. The molecule has 1 aromatic carbocycles. The van der Waals surface area contributed by atoms with Crippen molar-refractivity contribution in [3.05, 3.63) is 52.3 Å². The normalized spacial score (nSPS) is 10.1. The summed E-state index contributed by atoms with van der Waals surface area (Å²) in [4.78, 5) is 25.9. The van der Waals surface area contributed by atoms with E-state index in [1.165, 1.54) is 6.92 Å². The van der Waals surface area contributed by atoms with E-state index in [4.69, 9.17) is 0 Å². The highest BCUT2D eigenvalue weighted by Crippen LogP contribution is 2.14. The Balaban J connectivity index is 2.16. The number of nitrogens with one attached hydrogen (secondary N) is 2. The van der Waals surface area contributed by atoms with Gasteiger partial charge in [0.15, 0.2) is 5.78 Å². The Morgan fingerprint density at radius 1 is 1.28 bits per heavy atom. The van der Waals surface area contributed by atoms with Gasteiger partial charge in [0.25, 0.3) is 5.91 Å². The largest absolute Gasteiger partial charge is 0.356 e. The molecular weight excluding hydrogens is 296 g/mol. The number of Topliss-reactive ketones (excluding diaryl/α,β-unsaturated/α-hetero) is 1. The smallest absolute Gasteiger partial charge is 0.272 e. The standard InChI is InChI=1S/C13H11BrN2O2/c1-8(17)9-3-2-4-11(5-9)16-13(18)12-6-10(14)7-15-12/h2-7,15H,1H3,(H,16,18). The zero-order chi connectivity index (χ0) is 13.1. The van der Waals surface area contributed by atoms with E-state index in [1.54, 1.807) is 36.5 Å². The molecule has 1 amide bonds. The molecule has 92 valence electrons. The predicted molar refractivity (Wildman–Crippen MR) is 72.9 cm³/mol. The summed E-state index contributed by atoms with van der Waals surface area (Å²) in [6.07, 6.45) is 1.68. The fourth-order valence-electron chi connectivity index (χ4n) is 1.51. The molecule has 0 aliphatic carbocycles. The predicted octanol–water partition coefficient (Wildman–Crippen LogP) is 3.23. The number of H-pyrrole nitrogens is 1. The van der Waals surface area contributed by atoms with Gasteiger partial charge >= 0.3 is 0 Å². The summed E-state index contributed by atoms with van der Waals surface area (Å²) in [5, 5.41) is 2.72.